The normalized spacial score (nSPS) is 12.1. The van der Waals surface area contributed by atoms with Crippen LogP contribution in [0.15, 0.2) is 72.2 Å². The maximum Gasteiger partial charge on any atom is 0.0795 e. The van der Waals surface area contributed by atoms with Crippen LogP contribution in [0, 0.1) is 12.8 Å². The number of thiophene rings is 1. The lowest BCUT2D eigenvalue weighted by atomic mass is 9.82. The number of hydrogen-bond donors (Lipinski definition) is 0. The molecule has 3 aromatic heterocycles. The van der Waals surface area contributed by atoms with E-state index in [1.807, 2.05) is 28.9 Å². The number of aryl methyl sites for hydroxylation is 1. The van der Waals surface area contributed by atoms with Gasteiger partial charge in [-0.2, -0.15) is 0 Å². The molecule has 2 aromatic carbocycles. The fourth-order valence-corrected chi connectivity index (χ4v) is 7.04. The van der Waals surface area contributed by atoms with Crippen molar-refractivity contribution in [2.45, 2.75) is 53.4 Å². The highest BCUT2D eigenvalue weighted by molar-refractivity contribution is 7.26. The lowest BCUT2D eigenvalue weighted by Crippen LogP contribution is -2.12. The Morgan fingerprint density at radius 1 is 0.886 bits per heavy atom. The predicted molar refractivity (Wildman–Crippen MR) is 158 cm³/mol. The summed E-state index contributed by atoms with van der Waals surface area (Å²) < 4.78 is 2.59. The van der Waals surface area contributed by atoms with Gasteiger partial charge in [0, 0.05) is 36.8 Å². The zero-order valence-corrected chi connectivity index (χ0v) is 23.1. The molecule has 0 bridgehead atoms. The molecule has 0 radical (unpaired) electrons. The van der Waals surface area contributed by atoms with E-state index in [1.54, 1.807) is 0 Å². The number of pyridine rings is 1. The summed E-state index contributed by atoms with van der Waals surface area (Å²) in [6, 6.07) is 22.5. The van der Waals surface area contributed by atoms with Crippen molar-refractivity contribution in [2.75, 3.05) is 0 Å². The number of benzene rings is 2. The molecule has 0 fully saturated rings. The Kier molecular flexibility index (Phi) is 6.41. The Hall–Kier alpha value is -2.75. The summed E-state index contributed by atoms with van der Waals surface area (Å²) in [5, 5.41) is 7.40. The van der Waals surface area contributed by atoms with E-state index >= 15 is 0 Å². The van der Waals surface area contributed by atoms with E-state index in [0.717, 1.165) is 12.1 Å². The number of rotatable bonds is 3. The molecule has 5 rings (SSSR count). The second-order valence-corrected chi connectivity index (χ2v) is 13.0. The van der Waals surface area contributed by atoms with Crippen molar-refractivity contribution in [3.8, 4) is 11.3 Å². The van der Waals surface area contributed by atoms with Crippen molar-refractivity contribution in [3.05, 3.63) is 88.2 Å². The molecule has 3 heteroatoms. The lowest BCUT2D eigenvalue weighted by Gasteiger charge is -2.23. The van der Waals surface area contributed by atoms with Crippen LogP contribution in [0.4, 0.5) is 0 Å². The molecular formula is C32H33NS2. The summed E-state index contributed by atoms with van der Waals surface area (Å²) in [6.45, 7) is 13.7. The van der Waals surface area contributed by atoms with Gasteiger partial charge in [-0.25, -0.2) is 0 Å². The first-order chi connectivity index (χ1) is 16.7. The summed E-state index contributed by atoms with van der Waals surface area (Å²) in [7, 11) is 0. The summed E-state index contributed by atoms with van der Waals surface area (Å²) in [5.41, 5.74) is 5.03. The molecular weight excluding hydrogens is 462 g/mol. The standard InChI is InChI=1S/C32H33NS2/c1-20(2)17-29-21(3)11-12-25-27(14-16-34-29)35-28-13-15-33-31(30(25)28)23-18-22-9-7-8-10-24(22)26(19-23)32(4,5)6/h7-16,18-20H,17H2,1-6H3. The third kappa shape index (κ3) is 4.72. The van der Waals surface area contributed by atoms with Crippen LogP contribution in [0.2, 0.25) is 0 Å². The van der Waals surface area contributed by atoms with Crippen LogP contribution < -0.4 is 0 Å². The highest BCUT2D eigenvalue weighted by Crippen LogP contribution is 2.41. The van der Waals surface area contributed by atoms with Crippen molar-refractivity contribution < 1.29 is 0 Å². The third-order valence-electron chi connectivity index (χ3n) is 6.57. The van der Waals surface area contributed by atoms with E-state index in [4.69, 9.17) is 4.98 Å². The molecule has 0 amide bonds. The van der Waals surface area contributed by atoms with Crippen LogP contribution in [0.1, 0.15) is 50.6 Å². The topological polar surface area (TPSA) is 12.9 Å². The summed E-state index contributed by atoms with van der Waals surface area (Å²) in [4.78, 5) is 6.42. The maximum absolute atomic E-state index is 4.97. The third-order valence-corrected chi connectivity index (χ3v) is 8.76. The summed E-state index contributed by atoms with van der Waals surface area (Å²) in [6.07, 6.45) is 3.08. The van der Waals surface area contributed by atoms with E-state index in [0.29, 0.717) is 5.92 Å². The minimum absolute atomic E-state index is 0.0412. The van der Waals surface area contributed by atoms with Gasteiger partial charge < -0.3 is 0 Å². The van der Waals surface area contributed by atoms with Crippen molar-refractivity contribution in [2.24, 2.45) is 5.92 Å². The fraction of sp³-hybridized carbons (Fsp3) is 0.281. The molecule has 1 nitrogen and oxygen atoms in total. The smallest absolute Gasteiger partial charge is 0.0795 e. The molecule has 178 valence electrons. The molecule has 3 heterocycles. The zero-order chi connectivity index (χ0) is 24.7. The van der Waals surface area contributed by atoms with Crippen LogP contribution in [0.25, 0.3) is 42.2 Å². The number of nitrogens with zero attached hydrogens (tertiary/aromatic N) is 1. The van der Waals surface area contributed by atoms with E-state index in [2.05, 4.69) is 108 Å². The van der Waals surface area contributed by atoms with Crippen molar-refractivity contribution in [3.63, 3.8) is 0 Å². The van der Waals surface area contributed by atoms with Crippen molar-refractivity contribution >= 4 is 53.6 Å². The van der Waals surface area contributed by atoms with E-state index in [-0.39, 0.29) is 5.41 Å². The predicted octanol–water partition coefficient (Wildman–Crippen LogP) is 10.3. The van der Waals surface area contributed by atoms with Gasteiger partial charge in [0.1, 0.15) is 0 Å². The molecule has 0 saturated carbocycles. The molecule has 0 unspecified atom stereocenters. The highest BCUT2D eigenvalue weighted by atomic mass is 32.1. The molecule has 0 aliphatic carbocycles. The van der Waals surface area contributed by atoms with Gasteiger partial charge >= 0.3 is 0 Å². The Bertz CT molecular complexity index is 1590. The Morgan fingerprint density at radius 3 is 2.46 bits per heavy atom. The second kappa shape index (κ2) is 9.37. The van der Waals surface area contributed by atoms with Crippen molar-refractivity contribution in [1.29, 1.82) is 0 Å². The van der Waals surface area contributed by atoms with E-state index < -0.39 is 0 Å². The van der Waals surface area contributed by atoms with E-state index in [9.17, 15) is 0 Å². The first-order valence-corrected chi connectivity index (χ1v) is 14.1. The van der Waals surface area contributed by atoms with Gasteiger partial charge in [-0.05, 0) is 76.2 Å². The quantitative estimate of drug-likeness (QED) is 0.242. The van der Waals surface area contributed by atoms with Gasteiger partial charge in [0.25, 0.3) is 0 Å². The van der Waals surface area contributed by atoms with Crippen LogP contribution in [-0.2, 0) is 11.8 Å². The molecule has 0 aliphatic heterocycles. The SMILES string of the molecule is Cc1ccc2c(ccsc1CC(C)C)sc1ccnc(-c3cc(C(C)(C)C)c4ccccc4c3)c12. The Balaban J connectivity index is 1.82. The fourth-order valence-electron chi connectivity index (χ4n) is 4.81. The van der Waals surface area contributed by atoms with Gasteiger partial charge in [0.2, 0.25) is 0 Å². The average Bonchev–Trinajstić information content (AvgIpc) is 3.19. The molecule has 0 atom stereocenters. The molecule has 5 aromatic rings. The van der Waals surface area contributed by atoms with Gasteiger partial charge in [0.15, 0.2) is 0 Å². The van der Waals surface area contributed by atoms with Crippen LogP contribution in [-0.4, -0.2) is 4.98 Å². The largest absolute Gasteiger partial charge is 0.256 e. The number of aromatic nitrogens is 1. The first-order valence-electron chi connectivity index (χ1n) is 12.4. The molecule has 0 spiro atoms. The minimum Gasteiger partial charge on any atom is -0.256 e. The molecule has 0 aliphatic rings. The number of hydrogen-bond acceptors (Lipinski definition) is 3. The Labute approximate surface area is 216 Å². The highest BCUT2D eigenvalue weighted by Gasteiger charge is 2.20. The summed E-state index contributed by atoms with van der Waals surface area (Å²) in [5.74, 6) is 0.644. The average molecular weight is 496 g/mol. The maximum atomic E-state index is 4.97. The Morgan fingerprint density at radius 2 is 1.69 bits per heavy atom. The zero-order valence-electron chi connectivity index (χ0n) is 21.5. The van der Waals surface area contributed by atoms with Gasteiger partial charge in [-0.15, -0.1) is 22.7 Å². The monoisotopic (exact) mass is 495 g/mol. The second-order valence-electron chi connectivity index (χ2n) is 10.9. The molecule has 0 saturated heterocycles. The van der Waals surface area contributed by atoms with Crippen LogP contribution in [0.3, 0.4) is 0 Å². The molecule has 0 N–H and O–H groups in total. The minimum atomic E-state index is 0.0412. The van der Waals surface area contributed by atoms with Crippen molar-refractivity contribution in [1.82, 2.24) is 4.98 Å². The van der Waals surface area contributed by atoms with Gasteiger partial charge in [-0.1, -0.05) is 71.0 Å². The van der Waals surface area contributed by atoms with Gasteiger partial charge in [0.05, 0.1) is 5.69 Å². The first kappa shape index (κ1) is 24.0. The van der Waals surface area contributed by atoms with Crippen LogP contribution >= 0.6 is 22.7 Å². The van der Waals surface area contributed by atoms with Crippen LogP contribution in [0.5, 0.6) is 0 Å². The molecule has 35 heavy (non-hydrogen) atoms. The lowest BCUT2D eigenvalue weighted by molar-refractivity contribution is 0.596. The summed E-state index contributed by atoms with van der Waals surface area (Å²) >= 11 is 3.73. The number of fused-ring (bicyclic) bond motifs is 4. The van der Waals surface area contributed by atoms with E-state index in [1.165, 1.54) is 52.5 Å². The van der Waals surface area contributed by atoms with Gasteiger partial charge in [-0.3, -0.25) is 4.98 Å².